The van der Waals surface area contributed by atoms with Crippen molar-refractivity contribution in [3.8, 4) is 0 Å². The van der Waals surface area contributed by atoms with Crippen LogP contribution < -0.4 is 5.32 Å². The molecule has 0 saturated carbocycles. The van der Waals surface area contributed by atoms with E-state index < -0.39 is 11.9 Å². The fraction of sp³-hybridized carbons (Fsp3) is 0.154. The highest BCUT2D eigenvalue weighted by atomic mass is 35.5. The van der Waals surface area contributed by atoms with Crippen LogP contribution in [-0.2, 0) is 13.0 Å². The van der Waals surface area contributed by atoms with Crippen molar-refractivity contribution in [1.29, 1.82) is 5.41 Å². The summed E-state index contributed by atoms with van der Waals surface area (Å²) in [6.45, 7) is 1.11. The van der Waals surface area contributed by atoms with Gasteiger partial charge < -0.3 is 10.2 Å². The lowest BCUT2D eigenvalue weighted by Crippen LogP contribution is -2.35. The Labute approximate surface area is 200 Å². The van der Waals surface area contributed by atoms with Gasteiger partial charge in [-0.2, -0.15) is 13.2 Å². The van der Waals surface area contributed by atoms with E-state index in [-0.39, 0.29) is 11.6 Å². The molecule has 0 atom stereocenters. The van der Waals surface area contributed by atoms with Crippen LogP contribution in [0.5, 0.6) is 0 Å². The number of anilines is 1. The number of allylic oxidation sites excluding steroid dienone is 1. The van der Waals surface area contributed by atoms with Crippen molar-refractivity contribution < 1.29 is 18.0 Å². The summed E-state index contributed by atoms with van der Waals surface area (Å²) < 4.78 is 39.2. The molecule has 174 valence electrons. The minimum Gasteiger partial charge on any atom is -0.354 e. The van der Waals surface area contributed by atoms with Gasteiger partial charge >= 0.3 is 6.18 Å². The lowest BCUT2D eigenvalue weighted by atomic mass is 9.99. The van der Waals surface area contributed by atoms with Gasteiger partial charge in [-0.05, 0) is 53.5 Å². The molecule has 3 aromatic rings. The largest absolute Gasteiger partial charge is 0.432 e. The van der Waals surface area contributed by atoms with E-state index in [0.717, 1.165) is 12.0 Å². The topological polar surface area (TPSA) is 56.2 Å². The van der Waals surface area contributed by atoms with Crippen LogP contribution in [0.2, 0.25) is 5.02 Å². The predicted octanol–water partition coefficient (Wildman–Crippen LogP) is 6.57. The fourth-order valence-electron chi connectivity index (χ4n) is 3.77. The summed E-state index contributed by atoms with van der Waals surface area (Å²) >= 11 is 6.16. The second-order valence-corrected chi connectivity index (χ2v) is 8.30. The molecule has 1 heterocycles. The van der Waals surface area contributed by atoms with Crippen LogP contribution in [0.4, 0.5) is 18.9 Å². The number of benzene rings is 3. The zero-order valence-electron chi connectivity index (χ0n) is 18.0. The van der Waals surface area contributed by atoms with Crippen molar-refractivity contribution >= 4 is 34.6 Å². The summed E-state index contributed by atoms with van der Waals surface area (Å²) in [5, 5.41) is 10.6. The number of alkyl halides is 3. The Morgan fingerprint density at radius 2 is 1.56 bits per heavy atom. The molecule has 1 aliphatic rings. The van der Waals surface area contributed by atoms with E-state index in [9.17, 15) is 18.0 Å². The second-order valence-electron chi connectivity index (χ2n) is 7.90. The Kier molecular flexibility index (Phi) is 6.75. The number of para-hydroxylation sites is 1. The molecule has 0 spiro atoms. The summed E-state index contributed by atoms with van der Waals surface area (Å²) in [6.07, 6.45) is -3.32. The molecule has 3 aromatic carbocycles. The van der Waals surface area contributed by atoms with Crippen molar-refractivity contribution in [2.24, 2.45) is 0 Å². The second kappa shape index (κ2) is 9.73. The molecular weight excluding hydrogens is 463 g/mol. The van der Waals surface area contributed by atoms with E-state index >= 15 is 0 Å². The summed E-state index contributed by atoms with van der Waals surface area (Å²) in [4.78, 5) is 14.8. The van der Waals surface area contributed by atoms with Crippen LogP contribution >= 0.6 is 11.6 Å². The van der Waals surface area contributed by atoms with Gasteiger partial charge in [-0.1, -0.05) is 60.1 Å². The van der Waals surface area contributed by atoms with Crippen LogP contribution in [0.25, 0.3) is 5.70 Å². The number of halogens is 4. The standard InChI is InChI=1S/C26H21ClF3N3O/c27-21-7-3-4-8-22(21)32-23(15-24(31)26(28,29)30)18-9-11-19(12-10-18)25(34)33-14-13-17-5-1-2-6-20(17)16-33/h1-12,15,31-32H,13-14,16H2/b23-15-,31-24?. The minimum absolute atomic E-state index is 0.0429. The van der Waals surface area contributed by atoms with E-state index in [2.05, 4.69) is 11.4 Å². The van der Waals surface area contributed by atoms with Gasteiger partial charge in [0.05, 0.1) is 10.7 Å². The SMILES string of the molecule is N=C(/C=C(\Nc1ccccc1Cl)c1ccc(C(=O)N2CCc3ccccc3C2)cc1)C(F)(F)F. The molecule has 34 heavy (non-hydrogen) atoms. The van der Waals surface area contributed by atoms with Crippen LogP contribution in [0.3, 0.4) is 0 Å². The number of nitrogens with zero attached hydrogens (tertiary/aromatic N) is 1. The van der Waals surface area contributed by atoms with E-state index in [4.69, 9.17) is 17.0 Å². The van der Waals surface area contributed by atoms with E-state index in [0.29, 0.717) is 41.0 Å². The third kappa shape index (κ3) is 5.31. The minimum atomic E-state index is -4.80. The Morgan fingerprint density at radius 1 is 0.941 bits per heavy atom. The number of carbonyl (C=O) groups excluding carboxylic acids is 1. The Balaban J connectivity index is 1.58. The molecule has 1 aliphatic heterocycles. The number of amides is 1. The first-order valence-corrected chi connectivity index (χ1v) is 11.0. The average Bonchev–Trinajstić information content (AvgIpc) is 2.83. The van der Waals surface area contributed by atoms with Crippen LogP contribution in [0, 0.1) is 5.41 Å². The average molecular weight is 484 g/mol. The molecule has 4 rings (SSSR count). The summed E-state index contributed by atoms with van der Waals surface area (Å²) in [5.41, 5.74) is 2.10. The predicted molar refractivity (Wildman–Crippen MR) is 128 cm³/mol. The van der Waals surface area contributed by atoms with Crippen LogP contribution in [-0.4, -0.2) is 29.2 Å². The lowest BCUT2D eigenvalue weighted by molar-refractivity contribution is -0.0583. The van der Waals surface area contributed by atoms with Crippen molar-refractivity contribution in [3.05, 3.63) is 106 Å². The van der Waals surface area contributed by atoms with E-state index in [1.165, 1.54) is 5.56 Å². The third-order valence-corrected chi connectivity index (χ3v) is 5.93. The first-order chi connectivity index (χ1) is 16.2. The van der Waals surface area contributed by atoms with Gasteiger partial charge in [0.25, 0.3) is 5.91 Å². The molecule has 0 radical (unpaired) electrons. The summed E-state index contributed by atoms with van der Waals surface area (Å²) in [5.74, 6) is -0.145. The molecule has 0 aromatic heterocycles. The zero-order chi connectivity index (χ0) is 24.3. The van der Waals surface area contributed by atoms with Gasteiger partial charge in [0.15, 0.2) is 0 Å². The van der Waals surface area contributed by atoms with Crippen molar-refractivity contribution in [2.75, 3.05) is 11.9 Å². The Morgan fingerprint density at radius 3 is 2.24 bits per heavy atom. The molecule has 0 bridgehead atoms. The smallest absolute Gasteiger partial charge is 0.354 e. The molecule has 0 saturated heterocycles. The number of fused-ring (bicyclic) bond motifs is 1. The van der Waals surface area contributed by atoms with E-state index in [1.807, 2.05) is 18.2 Å². The number of rotatable bonds is 5. The molecular formula is C26H21ClF3N3O. The van der Waals surface area contributed by atoms with Crippen LogP contribution in [0.15, 0.2) is 78.9 Å². The molecule has 2 N–H and O–H groups in total. The molecule has 0 aliphatic carbocycles. The van der Waals surface area contributed by atoms with Gasteiger partial charge in [-0.3, -0.25) is 10.2 Å². The maximum Gasteiger partial charge on any atom is 0.432 e. The molecule has 0 fully saturated rings. The normalized spacial score (nSPS) is 13.9. The Hall–Kier alpha value is -3.58. The monoisotopic (exact) mass is 483 g/mol. The van der Waals surface area contributed by atoms with Gasteiger partial charge in [0.1, 0.15) is 5.71 Å². The van der Waals surface area contributed by atoms with Crippen molar-refractivity contribution in [3.63, 3.8) is 0 Å². The number of nitrogens with one attached hydrogen (secondary N) is 2. The fourth-order valence-corrected chi connectivity index (χ4v) is 3.95. The maximum atomic E-state index is 13.1. The summed E-state index contributed by atoms with van der Waals surface area (Å²) in [7, 11) is 0. The highest BCUT2D eigenvalue weighted by molar-refractivity contribution is 6.33. The number of carbonyl (C=O) groups is 1. The van der Waals surface area contributed by atoms with Crippen LogP contribution in [0.1, 0.15) is 27.0 Å². The third-order valence-electron chi connectivity index (χ3n) is 5.60. The van der Waals surface area contributed by atoms with Crippen molar-refractivity contribution in [1.82, 2.24) is 4.90 Å². The number of hydrogen-bond donors (Lipinski definition) is 2. The number of hydrogen-bond acceptors (Lipinski definition) is 3. The quantitative estimate of drug-likeness (QED) is 0.403. The molecule has 1 amide bonds. The van der Waals surface area contributed by atoms with Gasteiger partial charge in [0.2, 0.25) is 0 Å². The Bertz CT molecular complexity index is 1250. The summed E-state index contributed by atoms with van der Waals surface area (Å²) in [6, 6.07) is 20.9. The maximum absolute atomic E-state index is 13.1. The lowest BCUT2D eigenvalue weighted by Gasteiger charge is -2.29. The zero-order valence-corrected chi connectivity index (χ0v) is 18.8. The first kappa shape index (κ1) is 23.6. The first-order valence-electron chi connectivity index (χ1n) is 10.6. The van der Waals surface area contributed by atoms with Gasteiger partial charge in [-0.15, -0.1) is 0 Å². The molecule has 0 unspecified atom stereocenters. The van der Waals surface area contributed by atoms with E-state index in [1.54, 1.807) is 53.4 Å². The molecule has 8 heteroatoms. The van der Waals surface area contributed by atoms with Gasteiger partial charge in [-0.25, -0.2) is 0 Å². The van der Waals surface area contributed by atoms with Gasteiger partial charge in [0, 0.05) is 24.4 Å². The highest BCUT2D eigenvalue weighted by Gasteiger charge is 2.33. The van der Waals surface area contributed by atoms with Crippen molar-refractivity contribution in [2.45, 2.75) is 19.1 Å². The highest BCUT2D eigenvalue weighted by Crippen LogP contribution is 2.28. The molecule has 4 nitrogen and oxygen atoms in total.